The molecule has 4 nitrogen and oxygen atoms in total. The normalized spacial score (nSPS) is 24.9. The van der Waals surface area contributed by atoms with Gasteiger partial charge < -0.3 is 15.3 Å². The minimum absolute atomic E-state index is 0.196. The molecule has 0 aliphatic carbocycles. The Morgan fingerprint density at radius 1 is 1.44 bits per heavy atom. The van der Waals surface area contributed by atoms with E-state index in [1.165, 1.54) is 0 Å². The molecule has 2 N–H and O–H groups in total. The van der Waals surface area contributed by atoms with Crippen molar-refractivity contribution in [3.8, 4) is 0 Å². The molecular weight excluding hydrogens is 228 g/mol. The Kier molecular flexibility index (Phi) is 5.17. The lowest BCUT2D eigenvalue weighted by Gasteiger charge is -2.40. The summed E-state index contributed by atoms with van der Waals surface area (Å²) in [5.41, 5.74) is -1.10. The van der Waals surface area contributed by atoms with Gasteiger partial charge in [-0.2, -0.15) is 0 Å². The molecule has 1 aliphatic rings. The molecule has 1 unspecified atom stereocenters. The number of piperidine rings is 1. The van der Waals surface area contributed by atoms with Crippen molar-refractivity contribution in [2.24, 2.45) is 5.41 Å². The molecule has 1 amide bonds. The first-order valence-electron chi connectivity index (χ1n) is 7.07. The Morgan fingerprint density at radius 3 is 2.50 bits per heavy atom. The van der Waals surface area contributed by atoms with Crippen molar-refractivity contribution in [2.75, 3.05) is 26.2 Å². The summed E-state index contributed by atoms with van der Waals surface area (Å²) in [7, 11) is 0. The number of amides is 1. The molecule has 0 aromatic rings. The fraction of sp³-hybridized carbons (Fsp3) is 0.929. The van der Waals surface area contributed by atoms with Crippen LogP contribution in [0.2, 0.25) is 0 Å². The third-order valence-corrected chi connectivity index (χ3v) is 3.85. The van der Waals surface area contributed by atoms with E-state index in [1.807, 2.05) is 6.92 Å². The molecule has 4 heteroatoms. The van der Waals surface area contributed by atoms with E-state index in [4.69, 9.17) is 0 Å². The van der Waals surface area contributed by atoms with Crippen molar-refractivity contribution < 1.29 is 9.90 Å². The number of aliphatic hydroxyl groups is 1. The molecule has 0 radical (unpaired) electrons. The van der Waals surface area contributed by atoms with Crippen molar-refractivity contribution in [1.29, 1.82) is 0 Å². The summed E-state index contributed by atoms with van der Waals surface area (Å²) in [4.78, 5) is 14.5. The van der Waals surface area contributed by atoms with Crippen LogP contribution in [-0.2, 0) is 4.79 Å². The van der Waals surface area contributed by atoms with Crippen LogP contribution < -0.4 is 5.32 Å². The highest BCUT2D eigenvalue weighted by molar-refractivity contribution is 5.83. The first-order valence-corrected chi connectivity index (χ1v) is 7.07. The molecule has 1 aliphatic heterocycles. The Balaban J connectivity index is 2.80. The largest absolute Gasteiger partial charge is 0.389 e. The van der Waals surface area contributed by atoms with E-state index >= 15 is 0 Å². The maximum absolute atomic E-state index is 12.7. The first kappa shape index (κ1) is 15.4. The molecule has 1 atom stereocenters. The maximum Gasteiger partial charge on any atom is 0.230 e. The van der Waals surface area contributed by atoms with Crippen molar-refractivity contribution in [2.45, 2.75) is 52.6 Å². The fourth-order valence-corrected chi connectivity index (χ4v) is 2.73. The lowest BCUT2D eigenvalue weighted by molar-refractivity contribution is -0.146. The van der Waals surface area contributed by atoms with Crippen molar-refractivity contribution in [3.63, 3.8) is 0 Å². The number of hydrogen-bond acceptors (Lipinski definition) is 3. The van der Waals surface area contributed by atoms with Gasteiger partial charge in [-0.1, -0.05) is 6.92 Å². The summed E-state index contributed by atoms with van der Waals surface area (Å²) >= 11 is 0. The SMILES string of the molecule is CCN(CC(C)(C)O)C(=O)C1(CC)CCCNC1. The van der Waals surface area contributed by atoms with E-state index < -0.39 is 5.60 Å². The molecule has 1 heterocycles. The zero-order valence-electron chi connectivity index (χ0n) is 12.3. The Morgan fingerprint density at radius 2 is 2.11 bits per heavy atom. The van der Waals surface area contributed by atoms with E-state index in [0.29, 0.717) is 13.1 Å². The third kappa shape index (κ3) is 3.69. The molecule has 1 saturated heterocycles. The van der Waals surface area contributed by atoms with Gasteiger partial charge in [0.1, 0.15) is 0 Å². The summed E-state index contributed by atoms with van der Waals surface area (Å²) in [6.07, 6.45) is 2.87. The van der Waals surface area contributed by atoms with E-state index in [1.54, 1.807) is 18.7 Å². The summed E-state index contributed by atoms with van der Waals surface area (Å²) in [6.45, 7) is 10.4. The molecule has 1 rings (SSSR count). The van der Waals surface area contributed by atoms with Gasteiger partial charge in [-0.3, -0.25) is 4.79 Å². The molecular formula is C14H28N2O2. The number of rotatable bonds is 5. The van der Waals surface area contributed by atoms with E-state index in [9.17, 15) is 9.90 Å². The van der Waals surface area contributed by atoms with Crippen LogP contribution >= 0.6 is 0 Å². The van der Waals surface area contributed by atoms with Gasteiger partial charge in [0.05, 0.1) is 11.0 Å². The van der Waals surface area contributed by atoms with Crippen LogP contribution in [0.4, 0.5) is 0 Å². The van der Waals surface area contributed by atoms with Crippen LogP contribution in [0.5, 0.6) is 0 Å². The highest BCUT2D eigenvalue weighted by Gasteiger charge is 2.41. The van der Waals surface area contributed by atoms with Gasteiger partial charge in [-0.15, -0.1) is 0 Å². The Bertz CT molecular complexity index is 278. The minimum Gasteiger partial charge on any atom is -0.389 e. The molecule has 0 bridgehead atoms. The zero-order chi connectivity index (χ0) is 13.8. The third-order valence-electron chi connectivity index (χ3n) is 3.85. The van der Waals surface area contributed by atoms with Crippen molar-refractivity contribution in [3.05, 3.63) is 0 Å². The lowest BCUT2D eigenvalue weighted by atomic mass is 9.77. The van der Waals surface area contributed by atoms with Crippen molar-refractivity contribution >= 4 is 5.91 Å². The summed E-state index contributed by atoms with van der Waals surface area (Å²) < 4.78 is 0. The summed E-state index contributed by atoms with van der Waals surface area (Å²) in [5.74, 6) is 0.196. The quantitative estimate of drug-likeness (QED) is 0.781. The van der Waals surface area contributed by atoms with Crippen molar-refractivity contribution in [1.82, 2.24) is 10.2 Å². The number of nitrogens with zero attached hydrogens (tertiary/aromatic N) is 1. The number of carbonyl (C=O) groups excluding carboxylic acids is 1. The van der Waals surface area contributed by atoms with Gasteiger partial charge in [0.2, 0.25) is 5.91 Å². The Labute approximate surface area is 111 Å². The van der Waals surface area contributed by atoms with E-state index in [-0.39, 0.29) is 11.3 Å². The van der Waals surface area contributed by atoms with Crippen LogP contribution in [-0.4, -0.2) is 47.7 Å². The lowest BCUT2D eigenvalue weighted by Crippen LogP contribution is -2.54. The highest BCUT2D eigenvalue weighted by Crippen LogP contribution is 2.32. The average molecular weight is 256 g/mol. The topological polar surface area (TPSA) is 52.6 Å². The van der Waals surface area contributed by atoms with Gasteiger partial charge in [-0.05, 0) is 46.6 Å². The second-order valence-electron chi connectivity index (χ2n) is 6.05. The second-order valence-corrected chi connectivity index (χ2v) is 6.05. The fourth-order valence-electron chi connectivity index (χ4n) is 2.73. The van der Waals surface area contributed by atoms with Crippen LogP contribution in [0, 0.1) is 5.41 Å². The number of carbonyl (C=O) groups is 1. The zero-order valence-corrected chi connectivity index (χ0v) is 12.3. The molecule has 1 fully saturated rings. The molecule has 106 valence electrons. The highest BCUT2D eigenvalue weighted by atomic mass is 16.3. The summed E-state index contributed by atoms with van der Waals surface area (Å²) in [5, 5.41) is 13.3. The molecule has 18 heavy (non-hydrogen) atoms. The summed E-state index contributed by atoms with van der Waals surface area (Å²) in [6, 6.07) is 0. The average Bonchev–Trinajstić information content (AvgIpc) is 2.35. The van der Waals surface area contributed by atoms with Gasteiger partial charge in [-0.25, -0.2) is 0 Å². The van der Waals surface area contributed by atoms with Crippen LogP contribution in [0.1, 0.15) is 47.0 Å². The molecule has 0 aromatic carbocycles. The van der Waals surface area contributed by atoms with Crippen LogP contribution in [0.25, 0.3) is 0 Å². The van der Waals surface area contributed by atoms with Gasteiger partial charge in [0.25, 0.3) is 0 Å². The van der Waals surface area contributed by atoms with Gasteiger partial charge in [0, 0.05) is 19.6 Å². The second kappa shape index (κ2) is 6.02. The number of hydrogen-bond donors (Lipinski definition) is 2. The van der Waals surface area contributed by atoms with Gasteiger partial charge >= 0.3 is 0 Å². The Hall–Kier alpha value is -0.610. The number of likely N-dealkylation sites (N-methyl/N-ethyl adjacent to an activating group) is 1. The van der Waals surface area contributed by atoms with Gasteiger partial charge in [0.15, 0.2) is 0 Å². The maximum atomic E-state index is 12.7. The predicted molar refractivity (Wildman–Crippen MR) is 73.4 cm³/mol. The predicted octanol–water partition coefficient (Wildman–Crippen LogP) is 1.39. The minimum atomic E-state index is -0.831. The standard InChI is InChI=1S/C14H28N2O2/c1-5-14(8-7-9-15-10-14)12(17)16(6-2)11-13(3,4)18/h15,18H,5-11H2,1-4H3. The van der Waals surface area contributed by atoms with E-state index in [0.717, 1.165) is 32.4 Å². The monoisotopic (exact) mass is 256 g/mol. The van der Waals surface area contributed by atoms with Crippen LogP contribution in [0.3, 0.4) is 0 Å². The smallest absolute Gasteiger partial charge is 0.230 e. The molecule has 0 aromatic heterocycles. The number of nitrogens with one attached hydrogen (secondary N) is 1. The van der Waals surface area contributed by atoms with E-state index in [2.05, 4.69) is 12.2 Å². The first-order chi connectivity index (χ1) is 8.34. The molecule has 0 saturated carbocycles. The molecule has 0 spiro atoms. The van der Waals surface area contributed by atoms with Crippen LogP contribution in [0.15, 0.2) is 0 Å².